The second-order valence-electron chi connectivity index (χ2n) is 7.28. The minimum Gasteiger partial charge on any atom is -0.481 e. The Morgan fingerprint density at radius 1 is 0.840 bits per heavy atom. The van der Waals surface area contributed by atoms with Crippen molar-refractivity contribution in [3.8, 4) is 0 Å². The highest BCUT2D eigenvalue weighted by Gasteiger charge is 2.33. The van der Waals surface area contributed by atoms with E-state index >= 15 is 0 Å². The summed E-state index contributed by atoms with van der Waals surface area (Å²) in [5.41, 5.74) is -1.68. The molecule has 0 aliphatic carbocycles. The van der Waals surface area contributed by atoms with E-state index in [2.05, 4.69) is 0 Å². The van der Waals surface area contributed by atoms with Gasteiger partial charge in [-0.3, -0.25) is 4.79 Å². The summed E-state index contributed by atoms with van der Waals surface area (Å²) in [6, 6.07) is 0. The third-order valence-electron chi connectivity index (χ3n) is 2.28. The van der Waals surface area contributed by atoms with Crippen LogP contribution in [0.5, 0.6) is 0 Å². The zero-order chi connectivity index (χ0) is 20.0. The Bertz CT molecular complexity index is 511. The molecule has 2 atom stereocenters. The second-order valence-corrected chi connectivity index (χ2v) is 7.28. The van der Waals surface area contributed by atoms with E-state index in [0.717, 1.165) is 0 Å². The number of carboxylic acid groups (broad SMARTS) is 1. The van der Waals surface area contributed by atoms with E-state index in [1.165, 1.54) is 6.92 Å². The molecule has 0 saturated heterocycles. The fraction of sp³-hybridized carbons (Fsp3) is 0.750. The fourth-order valence-electron chi connectivity index (χ4n) is 1.40. The molecule has 0 amide bonds. The molecule has 0 fully saturated rings. The molecule has 0 spiro atoms. The molecule has 0 rings (SSSR count). The summed E-state index contributed by atoms with van der Waals surface area (Å²) < 4.78 is 19.5. The molecular weight excluding hydrogens is 336 g/mol. The summed E-state index contributed by atoms with van der Waals surface area (Å²) in [6.07, 6.45) is -5.11. The number of carboxylic acids is 1. The maximum atomic E-state index is 12.0. The second kappa shape index (κ2) is 8.68. The van der Waals surface area contributed by atoms with Gasteiger partial charge in [0.1, 0.15) is 11.2 Å². The van der Waals surface area contributed by atoms with Gasteiger partial charge in [-0.1, -0.05) is 0 Å². The number of hydrogen-bond donors (Lipinski definition) is 1. The maximum Gasteiger partial charge on any atom is 0.509 e. The lowest BCUT2D eigenvalue weighted by molar-refractivity contribution is -0.180. The maximum absolute atomic E-state index is 12.0. The molecule has 0 saturated carbocycles. The zero-order valence-electron chi connectivity index (χ0n) is 15.6. The van der Waals surface area contributed by atoms with Crippen molar-refractivity contribution < 1.29 is 43.2 Å². The van der Waals surface area contributed by atoms with Crippen molar-refractivity contribution in [3.05, 3.63) is 0 Å². The molecule has 0 aliphatic rings. The monoisotopic (exact) mass is 362 g/mol. The van der Waals surface area contributed by atoms with E-state index in [1.807, 2.05) is 0 Å². The van der Waals surface area contributed by atoms with E-state index in [1.54, 1.807) is 41.5 Å². The molecule has 1 N–H and O–H groups in total. The van der Waals surface area contributed by atoms with E-state index in [9.17, 15) is 19.2 Å². The highest BCUT2D eigenvalue weighted by Crippen LogP contribution is 2.14. The van der Waals surface area contributed by atoms with Crippen LogP contribution in [-0.2, 0) is 33.3 Å². The predicted molar refractivity (Wildman–Crippen MR) is 84.8 cm³/mol. The zero-order valence-corrected chi connectivity index (χ0v) is 15.6. The lowest BCUT2D eigenvalue weighted by Gasteiger charge is -2.24. The van der Waals surface area contributed by atoms with Crippen molar-refractivity contribution in [3.63, 3.8) is 0 Å². The van der Waals surface area contributed by atoms with Crippen molar-refractivity contribution in [1.82, 2.24) is 0 Å². The summed E-state index contributed by atoms with van der Waals surface area (Å²) in [5, 5.41) is 8.84. The van der Waals surface area contributed by atoms with Gasteiger partial charge in [-0.15, -0.1) is 0 Å². The molecule has 0 bridgehead atoms. The van der Waals surface area contributed by atoms with E-state index < -0.39 is 53.9 Å². The van der Waals surface area contributed by atoms with Gasteiger partial charge in [-0.25, -0.2) is 14.4 Å². The van der Waals surface area contributed by atoms with Crippen LogP contribution in [0.4, 0.5) is 4.79 Å². The molecule has 9 nitrogen and oxygen atoms in total. The molecule has 0 aromatic heterocycles. The largest absolute Gasteiger partial charge is 0.509 e. The molecule has 0 aromatic carbocycles. The first-order chi connectivity index (χ1) is 11.1. The number of carbonyl (C=O) groups excluding carboxylic acids is 3. The van der Waals surface area contributed by atoms with Gasteiger partial charge in [-0.2, -0.15) is 0 Å². The Balaban J connectivity index is 4.92. The highest BCUT2D eigenvalue weighted by molar-refractivity contribution is 5.85. The molecular formula is C16H26O9. The molecule has 9 heteroatoms. The van der Waals surface area contributed by atoms with Gasteiger partial charge in [0.25, 0.3) is 0 Å². The van der Waals surface area contributed by atoms with Crippen LogP contribution in [0, 0.1) is 0 Å². The van der Waals surface area contributed by atoms with Gasteiger partial charge in [0.15, 0.2) is 6.10 Å². The summed E-state index contributed by atoms with van der Waals surface area (Å²) in [7, 11) is 0. The third-order valence-corrected chi connectivity index (χ3v) is 2.28. The lowest BCUT2D eigenvalue weighted by atomic mass is 10.2. The van der Waals surface area contributed by atoms with Gasteiger partial charge in [0, 0.05) is 0 Å². The smallest absolute Gasteiger partial charge is 0.481 e. The lowest BCUT2D eigenvalue weighted by Crippen LogP contribution is -2.39. The van der Waals surface area contributed by atoms with Crippen LogP contribution in [0.2, 0.25) is 0 Å². The standard InChI is InChI=1S/C16H26O9/c1-9(12(19)24-15(2,3)4)22-13(20)10(8-11(17)18)23-14(21)25-16(5,6)7/h9-10H,8H2,1-7H3,(H,17,18)/t9-,10?/m0/s1. The minimum absolute atomic E-state index is 0.786. The SMILES string of the molecule is C[C@H](OC(=O)C(CC(=O)O)OC(=O)OC(C)(C)C)C(=O)OC(C)(C)C. The van der Waals surface area contributed by atoms with Gasteiger partial charge in [0.2, 0.25) is 6.10 Å². The van der Waals surface area contributed by atoms with Crippen LogP contribution in [0.15, 0.2) is 0 Å². The van der Waals surface area contributed by atoms with E-state index in [0.29, 0.717) is 0 Å². The van der Waals surface area contributed by atoms with Crippen molar-refractivity contribution >= 4 is 24.1 Å². The molecule has 1 unspecified atom stereocenters. The highest BCUT2D eigenvalue weighted by atomic mass is 16.7. The van der Waals surface area contributed by atoms with Gasteiger partial charge in [0.05, 0.1) is 6.42 Å². The normalized spacial score (nSPS) is 14.0. The summed E-state index contributed by atoms with van der Waals surface area (Å²) in [5.74, 6) is -3.39. The summed E-state index contributed by atoms with van der Waals surface area (Å²) >= 11 is 0. The predicted octanol–water partition coefficient (Wildman–Crippen LogP) is 2.05. The minimum atomic E-state index is -1.75. The van der Waals surface area contributed by atoms with Gasteiger partial charge < -0.3 is 24.1 Å². The Labute approximate surface area is 146 Å². The van der Waals surface area contributed by atoms with Crippen molar-refractivity contribution in [2.75, 3.05) is 0 Å². The number of hydrogen-bond acceptors (Lipinski definition) is 8. The van der Waals surface area contributed by atoms with E-state index in [-0.39, 0.29) is 0 Å². The summed E-state index contributed by atoms with van der Waals surface area (Å²) in [4.78, 5) is 46.3. The molecule has 0 aromatic rings. The first-order valence-corrected chi connectivity index (χ1v) is 7.65. The number of esters is 2. The number of ether oxygens (including phenoxy) is 4. The molecule has 0 radical (unpaired) electrons. The summed E-state index contributed by atoms with van der Waals surface area (Å²) in [6.45, 7) is 10.9. The molecule has 0 heterocycles. The average molecular weight is 362 g/mol. The van der Waals surface area contributed by atoms with Crippen LogP contribution in [0.1, 0.15) is 54.9 Å². The van der Waals surface area contributed by atoms with Crippen molar-refractivity contribution in [1.29, 1.82) is 0 Å². The molecule has 25 heavy (non-hydrogen) atoms. The fourth-order valence-corrected chi connectivity index (χ4v) is 1.40. The molecule has 144 valence electrons. The first-order valence-electron chi connectivity index (χ1n) is 7.65. The van der Waals surface area contributed by atoms with Gasteiger partial charge >= 0.3 is 24.1 Å². The molecule has 0 aliphatic heterocycles. The Kier molecular flexibility index (Phi) is 7.88. The third kappa shape index (κ3) is 11.0. The number of aliphatic carboxylic acids is 1. The van der Waals surface area contributed by atoms with Crippen LogP contribution in [0.3, 0.4) is 0 Å². The van der Waals surface area contributed by atoms with Crippen molar-refractivity contribution in [2.24, 2.45) is 0 Å². The van der Waals surface area contributed by atoms with Crippen molar-refractivity contribution in [2.45, 2.75) is 78.3 Å². The number of rotatable bonds is 6. The quantitative estimate of drug-likeness (QED) is 0.558. The van der Waals surface area contributed by atoms with Crippen LogP contribution < -0.4 is 0 Å². The average Bonchev–Trinajstić information content (AvgIpc) is 2.32. The van der Waals surface area contributed by atoms with Crippen LogP contribution in [0.25, 0.3) is 0 Å². The topological polar surface area (TPSA) is 125 Å². The first kappa shape index (κ1) is 22.7. The van der Waals surface area contributed by atoms with Crippen LogP contribution >= 0.6 is 0 Å². The Morgan fingerprint density at radius 3 is 1.72 bits per heavy atom. The Morgan fingerprint density at radius 2 is 1.32 bits per heavy atom. The van der Waals surface area contributed by atoms with Crippen LogP contribution in [-0.4, -0.2) is 52.6 Å². The Hall–Kier alpha value is -2.32. The van der Waals surface area contributed by atoms with Gasteiger partial charge in [-0.05, 0) is 48.5 Å². The number of carbonyl (C=O) groups is 4. The van der Waals surface area contributed by atoms with E-state index in [4.69, 9.17) is 24.1 Å².